The van der Waals surface area contributed by atoms with Gasteiger partial charge in [-0.05, 0) is 60.6 Å². The Morgan fingerprint density at radius 1 is 1.12 bits per heavy atom. The first-order chi connectivity index (χ1) is 11.6. The van der Waals surface area contributed by atoms with Crippen molar-refractivity contribution in [3.05, 3.63) is 64.7 Å². The first-order valence-corrected chi connectivity index (χ1v) is 8.95. The van der Waals surface area contributed by atoms with E-state index in [9.17, 15) is 10.2 Å². The minimum atomic E-state index is -0.551. The highest BCUT2D eigenvalue weighted by Crippen LogP contribution is 2.34. The average Bonchev–Trinajstić information content (AvgIpc) is 2.60. The molecule has 1 aliphatic rings. The Kier molecular flexibility index (Phi) is 5.77. The van der Waals surface area contributed by atoms with Gasteiger partial charge < -0.3 is 15.5 Å². The lowest BCUT2D eigenvalue weighted by atomic mass is 9.81. The molecule has 0 aliphatic heterocycles. The Balaban J connectivity index is 1.56. The smallest absolute Gasteiger partial charge is 0.115 e. The molecule has 0 bridgehead atoms. The Labute approximate surface area is 148 Å². The second kappa shape index (κ2) is 8.02. The van der Waals surface area contributed by atoms with Gasteiger partial charge in [0.05, 0.1) is 6.10 Å². The molecule has 4 heteroatoms. The van der Waals surface area contributed by atoms with Crippen LogP contribution in [0.3, 0.4) is 0 Å². The summed E-state index contributed by atoms with van der Waals surface area (Å²) in [6.07, 6.45) is 3.91. The maximum Gasteiger partial charge on any atom is 0.115 e. The molecule has 0 heterocycles. The van der Waals surface area contributed by atoms with Crippen LogP contribution < -0.4 is 5.32 Å². The minimum absolute atomic E-state index is 0.332. The van der Waals surface area contributed by atoms with Gasteiger partial charge in [0.2, 0.25) is 0 Å². The van der Waals surface area contributed by atoms with Crippen LogP contribution in [0, 0.1) is 0 Å². The zero-order valence-corrected chi connectivity index (χ0v) is 14.4. The molecule has 24 heavy (non-hydrogen) atoms. The third kappa shape index (κ3) is 4.50. The number of aliphatic hydroxyl groups excluding tert-OH is 1. The van der Waals surface area contributed by atoms with Crippen molar-refractivity contribution in [3.63, 3.8) is 0 Å². The van der Waals surface area contributed by atoms with Crippen molar-refractivity contribution in [2.45, 2.75) is 43.7 Å². The van der Waals surface area contributed by atoms with Gasteiger partial charge in [0, 0.05) is 17.6 Å². The molecule has 1 saturated carbocycles. The van der Waals surface area contributed by atoms with Gasteiger partial charge in [0.1, 0.15) is 5.75 Å². The van der Waals surface area contributed by atoms with Gasteiger partial charge in [-0.1, -0.05) is 42.3 Å². The van der Waals surface area contributed by atoms with Gasteiger partial charge in [-0.15, -0.1) is 0 Å². The lowest BCUT2D eigenvalue weighted by Gasteiger charge is -2.31. The summed E-state index contributed by atoms with van der Waals surface area (Å²) in [5.74, 6) is 0.797. The molecule has 0 radical (unpaired) electrons. The number of hydrogen-bond donors (Lipinski definition) is 3. The van der Waals surface area contributed by atoms with E-state index in [0.29, 0.717) is 29.3 Å². The fourth-order valence-corrected chi connectivity index (χ4v) is 3.77. The molecule has 2 aromatic rings. The molecule has 2 aromatic carbocycles. The summed E-state index contributed by atoms with van der Waals surface area (Å²) in [5.41, 5.74) is 2.05. The van der Waals surface area contributed by atoms with E-state index in [-0.39, 0.29) is 0 Å². The fourth-order valence-electron chi connectivity index (χ4n) is 3.57. The molecule has 3 rings (SSSR count). The van der Waals surface area contributed by atoms with Crippen LogP contribution in [0.2, 0.25) is 5.02 Å². The molecule has 1 fully saturated rings. The van der Waals surface area contributed by atoms with E-state index in [1.54, 1.807) is 6.07 Å². The van der Waals surface area contributed by atoms with E-state index in [2.05, 4.69) is 11.4 Å². The van der Waals surface area contributed by atoms with Gasteiger partial charge >= 0.3 is 0 Å². The van der Waals surface area contributed by atoms with Crippen LogP contribution in [0.5, 0.6) is 5.75 Å². The maximum absolute atomic E-state index is 10.3. The molecule has 3 N–H and O–H groups in total. The number of benzene rings is 2. The third-order valence-electron chi connectivity index (χ3n) is 4.85. The summed E-state index contributed by atoms with van der Waals surface area (Å²) in [7, 11) is 0. The SMILES string of the molecule is Oc1cccc([C@@H]2CCCC(NCC(O)c3cccc(Cl)c3)C2)c1. The Morgan fingerprint density at radius 2 is 1.96 bits per heavy atom. The van der Waals surface area contributed by atoms with Gasteiger partial charge in [0.15, 0.2) is 0 Å². The van der Waals surface area contributed by atoms with Crippen LogP contribution in [0.15, 0.2) is 48.5 Å². The molecule has 128 valence electrons. The van der Waals surface area contributed by atoms with Crippen LogP contribution in [-0.2, 0) is 0 Å². The van der Waals surface area contributed by atoms with Crippen LogP contribution in [0.1, 0.15) is 48.8 Å². The molecule has 3 atom stereocenters. The monoisotopic (exact) mass is 345 g/mol. The highest BCUT2D eigenvalue weighted by atomic mass is 35.5. The molecule has 3 nitrogen and oxygen atoms in total. The average molecular weight is 346 g/mol. The third-order valence-corrected chi connectivity index (χ3v) is 5.08. The highest BCUT2D eigenvalue weighted by molar-refractivity contribution is 6.30. The molecule has 0 spiro atoms. The van der Waals surface area contributed by atoms with Crippen LogP contribution in [0.25, 0.3) is 0 Å². The lowest BCUT2D eigenvalue weighted by molar-refractivity contribution is 0.164. The standard InChI is InChI=1S/C20H24ClNO2/c21-17-7-1-6-16(10-17)20(24)13-22-18-8-2-4-14(11-18)15-5-3-9-19(23)12-15/h1,3,5-7,9-10,12,14,18,20,22-24H,2,4,8,11,13H2/t14-,18?,20?/m1/s1. The molecule has 2 unspecified atom stereocenters. The largest absolute Gasteiger partial charge is 0.508 e. The summed E-state index contributed by atoms with van der Waals surface area (Å²) >= 11 is 5.99. The first-order valence-electron chi connectivity index (χ1n) is 8.57. The van der Waals surface area contributed by atoms with E-state index >= 15 is 0 Å². The topological polar surface area (TPSA) is 52.5 Å². The number of aromatic hydroxyl groups is 1. The number of hydrogen-bond acceptors (Lipinski definition) is 3. The van der Waals surface area contributed by atoms with Crippen LogP contribution in [-0.4, -0.2) is 22.8 Å². The Bertz CT molecular complexity index is 676. The van der Waals surface area contributed by atoms with E-state index in [4.69, 9.17) is 11.6 Å². The van der Waals surface area contributed by atoms with Gasteiger partial charge in [0.25, 0.3) is 0 Å². The molecular weight excluding hydrogens is 322 g/mol. The fraction of sp³-hybridized carbons (Fsp3) is 0.400. The summed E-state index contributed by atoms with van der Waals surface area (Å²) in [5, 5.41) is 24.2. The molecule has 0 aromatic heterocycles. The molecular formula is C20H24ClNO2. The van der Waals surface area contributed by atoms with Gasteiger partial charge in [-0.2, -0.15) is 0 Å². The van der Waals surface area contributed by atoms with E-state index in [1.807, 2.05) is 36.4 Å². The van der Waals surface area contributed by atoms with Crippen molar-refractivity contribution in [3.8, 4) is 5.75 Å². The molecule has 0 amide bonds. The van der Waals surface area contributed by atoms with Crippen molar-refractivity contribution in [2.24, 2.45) is 0 Å². The van der Waals surface area contributed by atoms with Gasteiger partial charge in [-0.3, -0.25) is 0 Å². The summed E-state index contributed by atoms with van der Waals surface area (Å²) in [4.78, 5) is 0. The summed E-state index contributed by atoms with van der Waals surface area (Å²) in [6.45, 7) is 0.526. The summed E-state index contributed by atoms with van der Waals surface area (Å²) in [6, 6.07) is 15.3. The van der Waals surface area contributed by atoms with Crippen LogP contribution in [0.4, 0.5) is 0 Å². The van der Waals surface area contributed by atoms with Crippen molar-refractivity contribution in [1.82, 2.24) is 5.32 Å². The highest BCUT2D eigenvalue weighted by Gasteiger charge is 2.23. The van der Waals surface area contributed by atoms with Crippen LogP contribution >= 0.6 is 11.6 Å². The maximum atomic E-state index is 10.3. The number of phenols is 1. The zero-order chi connectivity index (χ0) is 16.9. The molecule has 1 aliphatic carbocycles. The van der Waals surface area contributed by atoms with E-state index in [1.165, 1.54) is 5.56 Å². The Hall–Kier alpha value is -1.55. The number of rotatable bonds is 5. The van der Waals surface area contributed by atoms with Crippen molar-refractivity contribution in [2.75, 3.05) is 6.54 Å². The molecule has 0 saturated heterocycles. The number of nitrogens with one attached hydrogen (secondary N) is 1. The van der Waals surface area contributed by atoms with Crippen molar-refractivity contribution < 1.29 is 10.2 Å². The van der Waals surface area contributed by atoms with E-state index in [0.717, 1.165) is 31.2 Å². The Morgan fingerprint density at radius 3 is 2.75 bits per heavy atom. The predicted molar refractivity (Wildman–Crippen MR) is 97.5 cm³/mol. The lowest BCUT2D eigenvalue weighted by Crippen LogP contribution is -2.36. The van der Waals surface area contributed by atoms with Gasteiger partial charge in [-0.25, -0.2) is 0 Å². The second-order valence-electron chi connectivity index (χ2n) is 6.63. The number of phenolic OH excluding ortho intramolecular Hbond substituents is 1. The van der Waals surface area contributed by atoms with Crippen molar-refractivity contribution >= 4 is 11.6 Å². The number of aliphatic hydroxyl groups is 1. The van der Waals surface area contributed by atoms with Crippen molar-refractivity contribution in [1.29, 1.82) is 0 Å². The predicted octanol–water partition coefficient (Wildman–Crippen LogP) is 4.40. The first kappa shape index (κ1) is 17.3. The minimum Gasteiger partial charge on any atom is -0.508 e. The second-order valence-corrected chi connectivity index (χ2v) is 7.07. The quantitative estimate of drug-likeness (QED) is 0.753. The number of halogens is 1. The zero-order valence-electron chi connectivity index (χ0n) is 13.7. The van der Waals surface area contributed by atoms with E-state index < -0.39 is 6.10 Å². The summed E-state index contributed by atoms with van der Waals surface area (Å²) < 4.78 is 0. The normalized spacial score (nSPS) is 22.2.